The minimum Gasteiger partial charge on any atom is -0.322 e. The van der Waals surface area contributed by atoms with E-state index >= 15 is 0 Å². The van der Waals surface area contributed by atoms with Crippen LogP contribution in [-0.2, 0) is 19.8 Å². The highest BCUT2D eigenvalue weighted by Gasteiger charge is 2.23. The quantitative estimate of drug-likeness (QED) is 0.569. The van der Waals surface area contributed by atoms with Gasteiger partial charge in [0, 0.05) is 15.7 Å². The lowest BCUT2D eigenvalue weighted by molar-refractivity contribution is 0.102. The Kier molecular flexibility index (Phi) is 7.38. The summed E-state index contributed by atoms with van der Waals surface area (Å²) >= 11 is 3.35. The summed E-state index contributed by atoms with van der Waals surface area (Å²) in [5.41, 5.74) is 2.05. The van der Waals surface area contributed by atoms with Crippen molar-refractivity contribution in [1.82, 2.24) is 0 Å². The smallest absolute Gasteiger partial charge is 0.322 e. The Morgan fingerprint density at radius 2 is 1.72 bits per heavy atom. The molecule has 0 aliphatic heterocycles. The summed E-state index contributed by atoms with van der Waals surface area (Å²) in [6.07, 6.45) is 0.203. The van der Waals surface area contributed by atoms with Crippen molar-refractivity contribution in [2.75, 3.05) is 18.5 Å². The lowest BCUT2D eigenvalue weighted by atomic mass is 10.2. The number of anilines is 1. The lowest BCUT2D eigenvalue weighted by Crippen LogP contribution is -2.11. The molecule has 0 fully saturated rings. The van der Waals surface area contributed by atoms with Crippen LogP contribution in [0, 0.1) is 0 Å². The number of halogens is 1. The van der Waals surface area contributed by atoms with E-state index in [1.807, 2.05) is 6.07 Å². The van der Waals surface area contributed by atoms with E-state index in [-0.39, 0.29) is 12.1 Å². The van der Waals surface area contributed by atoms with Crippen molar-refractivity contribution in [3.05, 3.63) is 64.1 Å². The second-order valence-corrected chi connectivity index (χ2v) is 8.24. The first-order chi connectivity index (χ1) is 12.0. The number of rotatable bonds is 8. The van der Waals surface area contributed by atoms with Gasteiger partial charge in [-0.1, -0.05) is 34.1 Å². The fraction of sp³-hybridized carbons (Fsp3) is 0.278. The van der Waals surface area contributed by atoms with Gasteiger partial charge in [0.1, 0.15) is 0 Å². The average molecular weight is 426 g/mol. The molecule has 0 saturated heterocycles. The molecule has 0 aliphatic rings. The fourth-order valence-corrected chi connectivity index (χ4v) is 4.37. The SMILES string of the molecule is CCOP(=O)(Cc1ccc(NC(=O)c2cccc(Br)c2)cc1)OCC. The Hall–Kier alpha value is -1.46. The van der Waals surface area contributed by atoms with E-state index in [4.69, 9.17) is 9.05 Å². The van der Waals surface area contributed by atoms with Gasteiger partial charge in [0.05, 0.1) is 19.4 Å². The molecule has 0 heterocycles. The Morgan fingerprint density at radius 3 is 2.28 bits per heavy atom. The highest BCUT2D eigenvalue weighted by molar-refractivity contribution is 9.10. The first kappa shape index (κ1) is 19.9. The van der Waals surface area contributed by atoms with Gasteiger partial charge in [0.25, 0.3) is 5.91 Å². The van der Waals surface area contributed by atoms with Gasteiger partial charge >= 0.3 is 7.60 Å². The van der Waals surface area contributed by atoms with Crippen LogP contribution >= 0.6 is 23.5 Å². The maximum Gasteiger partial charge on any atom is 0.335 e. The third kappa shape index (κ3) is 6.08. The number of amides is 1. The van der Waals surface area contributed by atoms with Crippen LogP contribution in [0.3, 0.4) is 0 Å². The standard InChI is InChI=1S/C18H21BrNO4P/c1-3-23-25(22,24-4-2)13-14-8-10-17(11-9-14)20-18(21)15-6-5-7-16(19)12-15/h5-12H,3-4,13H2,1-2H3,(H,20,21). The molecular formula is C18H21BrNO4P. The summed E-state index contributed by atoms with van der Waals surface area (Å²) in [4.78, 5) is 12.2. The van der Waals surface area contributed by atoms with Crippen molar-refractivity contribution < 1.29 is 18.4 Å². The lowest BCUT2D eigenvalue weighted by Gasteiger charge is -2.17. The Balaban J connectivity index is 2.04. The van der Waals surface area contributed by atoms with Crippen LogP contribution in [0.4, 0.5) is 5.69 Å². The molecule has 134 valence electrons. The molecule has 0 atom stereocenters. The molecule has 0 aliphatic carbocycles. The second kappa shape index (κ2) is 9.30. The van der Waals surface area contributed by atoms with E-state index in [1.165, 1.54) is 0 Å². The molecular weight excluding hydrogens is 405 g/mol. The normalized spacial score (nSPS) is 11.3. The summed E-state index contributed by atoms with van der Waals surface area (Å²) < 4.78 is 24.0. The highest BCUT2D eigenvalue weighted by atomic mass is 79.9. The Labute approximate surface area is 156 Å². The molecule has 0 unspecified atom stereocenters. The number of carbonyl (C=O) groups excluding carboxylic acids is 1. The molecule has 2 aromatic rings. The van der Waals surface area contributed by atoms with Gasteiger partial charge in [-0.2, -0.15) is 0 Å². The van der Waals surface area contributed by atoms with E-state index in [9.17, 15) is 9.36 Å². The summed E-state index contributed by atoms with van der Waals surface area (Å²) in [5.74, 6) is -0.191. The zero-order chi connectivity index (χ0) is 18.3. The van der Waals surface area contributed by atoms with Crippen LogP contribution in [0.25, 0.3) is 0 Å². The van der Waals surface area contributed by atoms with Crippen LogP contribution in [0.2, 0.25) is 0 Å². The van der Waals surface area contributed by atoms with Crippen LogP contribution in [0.1, 0.15) is 29.8 Å². The summed E-state index contributed by atoms with van der Waals surface area (Å²) in [5, 5.41) is 2.83. The van der Waals surface area contributed by atoms with Gasteiger partial charge in [0.2, 0.25) is 0 Å². The third-order valence-electron chi connectivity index (χ3n) is 3.33. The molecule has 0 aromatic heterocycles. The van der Waals surface area contributed by atoms with Crippen molar-refractivity contribution >= 4 is 35.1 Å². The van der Waals surface area contributed by atoms with Crippen molar-refractivity contribution in [2.45, 2.75) is 20.0 Å². The molecule has 0 radical (unpaired) electrons. The van der Waals surface area contributed by atoms with E-state index in [0.717, 1.165) is 10.0 Å². The number of hydrogen-bond donors (Lipinski definition) is 1. The van der Waals surface area contributed by atoms with Gasteiger partial charge in [-0.05, 0) is 49.7 Å². The molecule has 2 aromatic carbocycles. The maximum absolute atomic E-state index is 12.5. The van der Waals surface area contributed by atoms with Gasteiger partial charge in [-0.25, -0.2) is 0 Å². The highest BCUT2D eigenvalue weighted by Crippen LogP contribution is 2.51. The summed E-state index contributed by atoms with van der Waals surface area (Å²) in [7, 11) is -3.13. The number of benzene rings is 2. The van der Waals surface area contributed by atoms with E-state index in [0.29, 0.717) is 24.5 Å². The maximum atomic E-state index is 12.5. The zero-order valence-corrected chi connectivity index (χ0v) is 16.7. The molecule has 7 heteroatoms. The van der Waals surface area contributed by atoms with Crippen molar-refractivity contribution in [1.29, 1.82) is 0 Å². The predicted octanol–water partition coefficient (Wildman–Crippen LogP) is 5.47. The Bertz CT molecular complexity index is 754. The largest absolute Gasteiger partial charge is 0.335 e. The zero-order valence-electron chi connectivity index (χ0n) is 14.2. The molecule has 1 amide bonds. The first-order valence-corrected chi connectivity index (χ1v) is 10.5. The van der Waals surface area contributed by atoms with Gasteiger partial charge < -0.3 is 14.4 Å². The monoisotopic (exact) mass is 425 g/mol. The number of hydrogen-bond acceptors (Lipinski definition) is 4. The van der Waals surface area contributed by atoms with E-state index in [2.05, 4.69) is 21.2 Å². The van der Waals surface area contributed by atoms with Crippen LogP contribution in [0.5, 0.6) is 0 Å². The topological polar surface area (TPSA) is 64.6 Å². The fourth-order valence-electron chi connectivity index (χ4n) is 2.27. The molecule has 1 N–H and O–H groups in total. The predicted molar refractivity (Wildman–Crippen MR) is 103 cm³/mol. The van der Waals surface area contributed by atoms with Gasteiger partial charge in [-0.3, -0.25) is 9.36 Å². The minimum atomic E-state index is -3.13. The first-order valence-electron chi connectivity index (χ1n) is 7.99. The average Bonchev–Trinajstić information content (AvgIpc) is 2.57. The summed E-state index contributed by atoms with van der Waals surface area (Å²) in [6.45, 7) is 4.23. The second-order valence-electron chi connectivity index (χ2n) is 5.27. The van der Waals surface area contributed by atoms with Crippen molar-refractivity contribution in [3.63, 3.8) is 0 Å². The molecule has 0 bridgehead atoms. The van der Waals surface area contributed by atoms with Crippen LogP contribution in [-0.4, -0.2) is 19.1 Å². The molecule has 2 rings (SSSR count). The van der Waals surface area contributed by atoms with E-state index < -0.39 is 7.60 Å². The molecule has 25 heavy (non-hydrogen) atoms. The van der Waals surface area contributed by atoms with Crippen LogP contribution in [0.15, 0.2) is 53.0 Å². The molecule has 5 nitrogen and oxygen atoms in total. The molecule has 0 spiro atoms. The van der Waals surface area contributed by atoms with E-state index in [1.54, 1.807) is 56.3 Å². The number of carbonyl (C=O) groups is 1. The minimum absolute atomic E-state index is 0.191. The van der Waals surface area contributed by atoms with Crippen molar-refractivity contribution in [3.8, 4) is 0 Å². The van der Waals surface area contributed by atoms with Crippen molar-refractivity contribution in [2.24, 2.45) is 0 Å². The number of nitrogens with one attached hydrogen (secondary N) is 1. The third-order valence-corrected chi connectivity index (χ3v) is 5.88. The Morgan fingerprint density at radius 1 is 1.08 bits per heavy atom. The molecule has 0 saturated carbocycles. The van der Waals surface area contributed by atoms with Crippen LogP contribution < -0.4 is 5.32 Å². The summed E-state index contributed by atoms with van der Waals surface area (Å²) in [6, 6.07) is 14.3. The van der Waals surface area contributed by atoms with Gasteiger partial charge in [-0.15, -0.1) is 0 Å². The van der Waals surface area contributed by atoms with Gasteiger partial charge in [0.15, 0.2) is 0 Å².